The molecule has 0 aliphatic heterocycles. The second kappa shape index (κ2) is 8.94. The molecule has 0 bridgehead atoms. The van der Waals surface area contributed by atoms with Crippen molar-refractivity contribution in [1.82, 2.24) is 5.32 Å². The lowest BCUT2D eigenvalue weighted by Gasteiger charge is -2.13. The van der Waals surface area contributed by atoms with Crippen LogP contribution in [-0.2, 0) is 4.74 Å². The maximum atomic E-state index is 12.1. The van der Waals surface area contributed by atoms with E-state index in [1.54, 1.807) is 19.1 Å². The summed E-state index contributed by atoms with van der Waals surface area (Å²) in [4.78, 5) is 22.5. The second-order valence-corrected chi connectivity index (χ2v) is 5.79. The number of carbonyl (C=O) groups is 1. The highest BCUT2D eigenvalue weighted by molar-refractivity contribution is 5.94. The van der Waals surface area contributed by atoms with Gasteiger partial charge in [-0.1, -0.05) is 36.4 Å². The highest BCUT2D eigenvalue weighted by atomic mass is 16.6. The van der Waals surface area contributed by atoms with Crippen LogP contribution in [0.25, 0.3) is 0 Å². The van der Waals surface area contributed by atoms with E-state index < -0.39 is 4.92 Å². The lowest BCUT2D eigenvalue weighted by Crippen LogP contribution is -2.25. The Balaban J connectivity index is 1.76. The van der Waals surface area contributed by atoms with Crippen LogP contribution in [0.2, 0.25) is 0 Å². The van der Waals surface area contributed by atoms with Crippen molar-refractivity contribution in [2.24, 2.45) is 0 Å². The predicted octanol–water partition coefficient (Wildman–Crippen LogP) is 3.80. The summed E-state index contributed by atoms with van der Waals surface area (Å²) in [6.45, 7) is 4.59. The predicted molar refractivity (Wildman–Crippen MR) is 95.6 cm³/mol. The molecule has 0 saturated heterocycles. The highest BCUT2D eigenvalue weighted by Gasteiger charge is 2.14. The zero-order chi connectivity index (χ0) is 18.2. The molecule has 0 aliphatic rings. The molecule has 2 aromatic rings. The summed E-state index contributed by atoms with van der Waals surface area (Å²) in [7, 11) is 0. The zero-order valence-corrected chi connectivity index (χ0v) is 14.4. The van der Waals surface area contributed by atoms with Crippen LogP contribution in [0.4, 0.5) is 5.69 Å². The molecule has 0 spiro atoms. The normalized spacial score (nSPS) is 11.8. The highest BCUT2D eigenvalue weighted by Crippen LogP contribution is 2.19. The Hall–Kier alpha value is -2.73. The largest absolute Gasteiger partial charge is 0.374 e. The molecule has 0 radical (unpaired) electrons. The summed E-state index contributed by atoms with van der Waals surface area (Å²) >= 11 is 0. The van der Waals surface area contributed by atoms with E-state index in [2.05, 4.69) is 5.32 Å². The van der Waals surface area contributed by atoms with Crippen LogP contribution in [0.15, 0.2) is 48.5 Å². The van der Waals surface area contributed by atoms with Crippen LogP contribution in [-0.4, -0.2) is 24.0 Å². The first-order valence-electron chi connectivity index (χ1n) is 8.19. The summed E-state index contributed by atoms with van der Waals surface area (Å²) in [5.41, 5.74) is 1.88. The third-order valence-corrected chi connectivity index (χ3v) is 3.91. The van der Waals surface area contributed by atoms with Gasteiger partial charge in [-0.15, -0.1) is 0 Å². The molecule has 1 N–H and O–H groups in total. The quantitative estimate of drug-likeness (QED) is 0.449. The number of amides is 1. The minimum absolute atomic E-state index is 0.00310. The summed E-state index contributed by atoms with van der Waals surface area (Å²) in [5.74, 6) is -0.320. The van der Waals surface area contributed by atoms with Crippen LogP contribution in [0.3, 0.4) is 0 Å². The number of aryl methyl sites for hydroxylation is 1. The standard InChI is InChI=1S/C19H22N2O4/c1-14-9-10-17(13-18(14)21(23)24)19(22)20-11-6-12-25-15(2)16-7-4-3-5-8-16/h3-5,7-10,13,15H,6,11-12H2,1-2H3,(H,20,22)/t15-/m1/s1. The number of rotatable bonds is 8. The van der Waals surface area contributed by atoms with Crippen molar-refractivity contribution >= 4 is 11.6 Å². The number of nitrogens with zero attached hydrogens (tertiary/aromatic N) is 1. The fraction of sp³-hybridized carbons (Fsp3) is 0.316. The summed E-state index contributed by atoms with van der Waals surface area (Å²) < 4.78 is 5.74. The molecule has 0 aliphatic carbocycles. The van der Waals surface area contributed by atoms with E-state index in [9.17, 15) is 14.9 Å². The lowest BCUT2D eigenvalue weighted by atomic mass is 10.1. The molecule has 6 heteroatoms. The number of benzene rings is 2. The van der Waals surface area contributed by atoms with E-state index in [4.69, 9.17) is 4.74 Å². The molecule has 0 heterocycles. The van der Waals surface area contributed by atoms with Crippen LogP contribution in [0, 0.1) is 17.0 Å². The smallest absolute Gasteiger partial charge is 0.273 e. The van der Waals surface area contributed by atoms with Gasteiger partial charge in [0.2, 0.25) is 0 Å². The first kappa shape index (κ1) is 18.6. The fourth-order valence-corrected chi connectivity index (χ4v) is 2.40. The van der Waals surface area contributed by atoms with Gasteiger partial charge in [0.1, 0.15) is 0 Å². The Kier molecular flexibility index (Phi) is 6.65. The summed E-state index contributed by atoms with van der Waals surface area (Å²) in [6, 6.07) is 14.4. The molecule has 2 rings (SSSR count). The topological polar surface area (TPSA) is 81.5 Å². The van der Waals surface area contributed by atoms with Crippen molar-refractivity contribution in [3.05, 3.63) is 75.3 Å². The van der Waals surface area contributed by atoms with Gasteiger partial charge in [0.15, 0.2) is 0 Å². The monoisotopic (exact) mass is 342 g/mol. The van der Waals surface area contributed by atoms with Crippen LogP contribution in [0.1, 0.15) is 40.9 Å². The Morgan fingerprint density at radius 2 is 1.96 bits per heavy atom. The maximum Gasteiger partial charge on any atom is 0.273 e. The van der Waals surface area contributed by atoms with Gasteiger partial charge in [0, 0.05) is 30.3 Å². The number of ether oxygens (including phenoxy) is 1. The molecule has 2 aromatic carbocycles. The third kappa shape index (κ3) is 5.39. The maximum absolute atomic E-state index is 12.1. The number of nitro benzene ring substituents is 1. The zero-order valence-electron chi connectivity index (χ0n) is 14.4. The number of nitro groups is 1. The minimum Gasteiger partial charge on any atom is -0.374 e. The molecular weight excluding hydrogens is 320 g/mol. The number of hydrogen-bond acceptors (Lipinski definition) is 4. The van der Waals surface area contributed by atoms with Gasteiger partial charge in [-0.05, 0) is 31.9 Å². The van der Waals surface area contributed by atoms with Gasteiger partial charge >= 0.3 is 0 Å². The molecule has 0 saturated carbocycles. The third-order valence-electron chi connectivity index (χ3n) is 3.91. The Bertz CT molecular complexity index is 731. The summed E-state index contributed by atoms with van der Waals surface area (Å²) in [5, 5.41) is 13.7. The van der Waals surface area contributed by atoms with E-state index in [1.807, 2.05) is 37.3 Å². The average molecular weight is 342 g/mol. The van der Waals surface area contributed by atoms with Crippen LogP contribution in [0.5, 0.6) is 0 Å². The number of nitrogens with one attached hydrogen (secondary N) is 1. The van der Waals surface area contributed by atoms with Gasteiger partial charge in [-0.25, -0.2) is 0 Å². The second-order valence-electron chi connectivity index (χ2n) is 5.79. The fourth-order valence-electron chi connectivity index (χ4n) is 2.40. The van der Waals surface area contributed by atoms with E-state index in [0.29, 0.717) is 25.1 Å². The molecule has 1 atom stereocenters. The minimum atomic E-state index is -0.481. The molecule has 6 nitrogen and oxygen atoms in total. The van der Waals surface area contributed by atoms with Gasteiger partial charge in [0.25, 0.3) is 11.6 Å². The van der Waals surface area contributed by atoms with Crippen LogP contribution < -0.4 is 5.32 Å². The van der Waals surface area contributed by atoms with Gasteiger partial charge in [-0.3, -0.25) is 14.9 Å². The van der Waals surface area contributed by atoms with Crippen molar-refractivity contribution in [2.75, 3.05) is 13.2 Å². The van der Waals surface area contributed by atoms with Gasteiger partial charge in [0.05, 0.1) is 11.0 Å². The van der Waals surface area contributed by atoms with Crippen molar-refractivity contribution in [1.29, 1.82) is 0 Å². The summed E-state index contributed by atoms with van der Waals surface area (Å²) in [6.07, 6.45) is 0.660. The van der Waals surface area contributed by atoms with E-state index in [-0.39, 0.29) is 23.3 Å². The van der Waals surface area contributed by atoms with Crippen molar-refractivity contribution < 1.29 is 14.5 Å². The number of hydrogen-bond donors (Lipinski definition) is 1. The van der Waals surface area contributed by atoms with Crippen molar-refractivity contribution in [3.63, 3.8) is 0 Å². The molecule has 132 valence electrons. The first-order chi connectivity index (χ1) is 12.0. The molecule has 1 amide bonds. The van der Waals surface area contributed by atoms with Crippen LogP contribution >= 0.6 is 0 Å². The van der Waals surface area contributed by atoms with Crippen molar-refractivity contribution in [2.45, 2.75) is 26.4 Å². The molecule has 25 heavy (non-hydrogen) atoms. The van der Waals surface area contributed by atoms with E-state index >= 15 is 0 Å². The molecule has 0 fully saturated rings. The molecule has 0 unspecified atom stereocenters. The molecule has 0 aromatic heterocycles. The molecular formula is C19H22N2O4. The van der Waals surface area contributed by atoms with Gasteiger partial charge < -0.3 is 10.1 Å². The Labute approximate surface area is 147 Å². The Morgan fingerprint density at radius 3 is 2.64 bits per heavy atom. The Morgan fingerprint density at radius 1 is 1.24 bits per heavy atom. The van der Waals surface area contributed by atoms with E-state index in [1.165, 1.54) is 6.07 Å². The average Bonchev–Trinajstić information content (AvgIpc) is 2.62. The van der Waals surface area contributed by atoms with Crippen molar-refractivity contribution in [3.8, 4) is 0 Å². The van der Waals surface area contributed by atoms with E-state index in [0.717, 1.165) is 5.56 Å². The lowest BCUT2D eigenvalue weighted by molar-refractivity contribution is -0.385. The first-order valence-corrected chi connectivity index (χ1v) is 8.19. The number of carbonyl (C=O) groups excluding carboxylic acids is 1. The SMILES string of the molecule is Cc1ccc(C(=O)NCCCO[C@H](C)c2ccccc2)cc1[N+](=O)[O-]. The van der Waals surface area contributed by atoms with Gasteiger partial charge in [-0.2, -0.15) is 0 Å².